The van der Waals surface area contributed by atoms with Crippen molar-refractivity contribution in [1.82, 2.24) is 4.98 Å². The maximum absolute atomic E-state index is 5.87. The summed E-state index contributed by atoms with van der Waals surface area (Å²) in [5, 5.41) is 3.42. The topological polar surface area (TPSA) is 60.2 Å². The van der Waals surface area contributed by atoms with Crippen molar-refractivity contribution in [2.45, 2.75) is 52.6 Å². The maximum Gasteiger partial charge on any atom is 0.239 e. The minimum absolute atomic E-state index is 0.0809. The van der Waals surface area contributed by atoms with Crippen LogP contribution in [0.2, 0.25) is 0 Å². The molecule has 0 aromatic carbocycles. The first-order valence-electron chi connectivity index (χ1n) is 7.16. The van der Waals surface area contributed by atoms with Gasteiger partial charge in [0.05, 0.1) is 11.8 Å². The van der Waals surface area contributed by atoms with E-state index in [2.05, 4.69) is 17.2 Å². The number of pyridine rings is 1. The number of aromatic nitrogens is 1. The van der Waals surface area contributed by atoms with Gasteiger partial charge < -0.3 is 15.8 Å². The zero-order valence-electron chi connectivity index (χ0n) is 12.2. The number of hydrogen-bond acceptors (Lipinski definition) is 4. The Morgan fingerprint density at radius 1 is 1.37 bits per heavy atom. The Morgan fingerprint density at radius 2 is 2.05 bits per heavy atom. The largest absolute Gasteiger partial charge is 0.473 e. The lowest BCUT2D eigenvalue weighted by Crippen LogP contribution is -2.23. The highest BCUT2D eigenvalue weighted by molar-refractivity contribution is 5.53. The van der Waals surface area contributed by atoms with Gasteiger partial charge in [-0.05, 0) is 44.2 Å². The van der Waals surface area contributed by atoms with Crippen molar-refractivity contribution in [2.24, 2.45) is 5.41 Å². The van der Waals surface area contributed by atoms with E-state index in [1.165, 1.54) is 25.7 Å². The Hall–Kier alpha value is -1.45. The molecule has 1 aromatic rings. The number of nitrogen functional groups attached to an aromatic ring is 1. The average molecular weight is 263 g/mol. The van der Waals surface area contributed by atoms with Crippen LogP contribution in [0.1, 0.15) is 46.5 Å². The lowest BCUT2D eigenvalue weighted by Gasteiger charge is -2.24. The summed E-state index contributed by atoms with van der Waals surface area (Å²) in [5.74, 6) is 1.37. The monoisotopic (exact) mass is 263 g/mol. The fraction of sp³-hybridized carbons (Fsp3) is 0.667. The lowest BCUT2D eigenvalue weighted by molar-refractivity contribution is 0.234. The van der Waals surface area contributed by atoms with E-state index in [1.54, 1.807) is 0 Å². The van der Waals surface area contributed by atoms with Gasteiger partial charge in [-0.3, -0.25) is 0 Å². The van der Waals surface area contributed by atoms with E-state index in [0.29, 0.717) is 17.0 Å². The summed E-state index contributed by atoms with van der Waals surface area (Å²) in [6.45, 7) is 7.25. The number of anilines is 2. The van der Waals surface area contributed by atoms with E-state index in [9.17, 15) is 0 Å². The Balaban J connectivity index is 2.00. The Labute approximate surface area is 115 Å². The van der Waals surface area contributed by atoms with Crippen LogP contribution in [-0.4, -0.2) is 17.6 Å². The molecule has 3 N–H and O–H groups in total. The molecule has 0 spiro atoms. The Bertz CT molecular complexity index is 425. The van der Waals surface area contributed by atoms with Gasteiger partial charge in [0.1, 0.15) is 5.82 Å². The lowest BCUT2D eigenvalue weighted by atomic mass is 9.89. The summed E-state index contributed by atoms with van der Waals surface area (Å²) in [5.41, 5.74) is 6.86. The summed E-state index contributed by atoms with van der Waals surface area (Å²) in [4.78, 5) is 4.45. The summed E-state index contributed by atoms with van der Waals surface area (Å²) in [6, 6.07) is 3.77. The quantitative estimate of drug-likeness (QED) is 0.854. The molecule has 4 nitrogen and oxygen atoms in total. The molecule has 0 aliphatic heterocycles. The molecular formula is C15H25N3O. The number of hydrogen-bond donors (Lipinski definition) is 2. The standard InChI is InChI=1S/C15H25N3O/c1-11(2)19-14-12(16)6-7-13(18-14)17-10-15(3)8-4-5-9-15/h6-7,11H,4-5,8-10,16H2,1-3H3,(H,17,18). The van der Waals surface area contributed by atoms with Gasteiger partial charge in [0, 0.05) is 6.54 Å². The van der Waals surface area contributed by atoms with Gasteiger partial charge in [0.25, 0.3) is 0 Å². The molecule has 106 valence electrons. The third-order valence-corrected chi connectivity index (χ3v) is 3.74. The van der Waals surface area contributed by atoms with E-state index in [0.717, 1.165) is 12.4 Å². The van der Waals surface area contributed by atoms with E-state index >= 15 is 0 Å². The first-order valence-corrected chi connectivity index (χ1v) is 7.16. The van der Waals surface area contributed by atoms with Gasteiger partial charge in [0.15, 0.2) is 0 Å². The predicted molar refractivity (Wildman–Crippen MR) is 79.5 cm³/mol. The minimum atomic E-state index is 0.0809. The summed E-state index contributed by atoms with van der Waals surface area (Å²) >= 11 is 0. The number of nitrogens with two attached hydrogens (primary N) is 1. The highest BCUT2D eigenvalue weighted by Crippen LogP contribution is 2.37. The molecule has 0 saturated heterocycles. The molecule has 1 aliphatic carbocycles. The van der Waals surface area contributed by atoms with Crippen LogP contribution in [-0.2, 0) is 0 Å². The molecule has 1 aromatic heterocycles. The van der Waals surface area contributed by atoms with Crippen molar-refractivity contribution >= 4 is 11.5 Å². The van der Waals surface area contributed by atoms with E-state index in [1.807, 2.05) is 26.0 Å². The third kappa shape index (κ3) is 3.75. The molecular weight excluding hydrogens is 238 g/mol. The number of rotatable bonds is 5. The fourth-order valence-corrected chi connectivity index (χ4v) is 2.58. The van der Waals surface area contributed by atoms with Crippen molar-refractivity contribution in [2.75, 3.05) is 17.6 Å². The van der Waals surface area contributed by atoms with Crippen LogP contribution in [0.15, 0.2) is 12.1 Å². The SMILES string of the molecule is CC(C)Oc1nc(NCC2(C)CCCC2)ccc1N. The molecule has 2 rings (SSSR count). The minimum Gasteiger partial charge on any atom is -0.473 e. The number of ether oxygens (including phenoxy) is 1. The van der Waals surface area contributed by atoms with Gasteiger partial charge >= 0.3 is 0 Å². The molecule has 19 heavy (non-hydrogen) atoms. The van der Waals surface area contributed by atoms with Crippen LogP contribution in [0.5, 0.6) is 5.88 Å². The van der Waals surface area contributed by atoms with Gasteiger partial charge in [-0.15, -0.1) is 0 Å². The van der Waals surface area contributed by atoms with Crippen LogP contribution >= 0.6 is 0 Å². The van der Waals surface area contributed by atoms with E-state index in [-0.39, 0.29) is 6.10 Å². The molecule has 0 radical (unpaired) electrons. The van der Waals surface area contributed by atoms with Crippen molar-refractivity contribution in [3.05, 3.63) is 12.1 Å². The van der Waals surface area contributed by atoms with Crippen LogP contribution < -0.4 is 15.8 Å². The number of nitrogens with one attached hydrogen (secondary N) is 1. The normalized spacial score (nSPS) is 17.7. The van der Waals surface area contributed by atoms with E-state index in [4.69, 9.17) is 10.5 Å². The molecule has 1 heterocycles. The smallest absolute Gasteiger partial charge is 0.239 e. The maximum atomic E-state index is 5.87. The first kappa shape index (κ1) is 14.0. The second-order valence-corrected chi connectivity index (χ2v) is 6.13. The molecule has 4 heteroatoms. The second-order valence-electron chi connectivity index (χ2n) is 6.13. The molecule has 1 fully saturated rings. The molecule has 1 saturated carbocycles. The van der Waals surface area contributed by atoms with E-state index < -0.39 is 0 Å². The zero-order chi connectivity index (χ0) is 13.9. The van der Waals surface area contributed by atoms with Gasteiger partial charge in [-0.2, -0.15) is 4.98 Å². The molecule has 0 atom stereocenters. The highest BCUT2D eigenvalue weighted by Gasteiger charge is 2.28. The predicted octanol–water partition coefficient (Wildman–Crippen LogP) is 3.44. The van der Waals surface area contributed by atoms with Crippen LogP contribution in [0.25, 0.3) is 0 Å². The molecule has 0 bridgehead atoms. The molecule has 0 amide bonds. The molecule has 0 unspecified atom stereocenters. The van der Waals surface area contributed by atoms with Crippen LogP contribution in [0.3, 0.4) is 0 Å². The second kappa shape index (κ2) is 5.68. The van der Waals surface area contributed by atoms with Gasteiger partial charge in [0.2, 0.25) is 5.88 Å². The van der Waals surface area contributed by atoms with Crippen molar-refractivity contribution in [3.8, 4) is 5.88 Å². The Morgan fingerprint density at radius 3 is 2.68 bits per heavy atom. The van der Waals surface area contributed by atoms with Gasteiger partial charge in [-0.25, -0.2) is 0 Å². The summed E-state index contributed by atoms with van der Waals surface area (Å²) in [6.07, 6.45) is 5.36. The average Bonchev–Trinajstić information content (AvgIpc) is 2.77. The summed E-state index contributed by atoms with van der Waals surface area (Å²) < 4.78 is 5.61. The fourth-order valence-electron chi connectivity index (χ4n) is 2.58. The van der Waals surface area contributed by atoms with Gasteiger partial charge in [-0.1, -0.05) is 19.8 Å². The molecule has 1 aliphatic rings. The van der Waals surface area contributed by atoms with Crippen LogP contribution in [0, 0.1) is 5.41 Å². The van der Waals surface area contributed by atoms with Crippen molar-refractivity contribution in [3.63, 3.8) is 0 Å². The van der Waals surface area contributed by atoms with Crippen molar-refractivity contribution < 1.29 is 4.74 Å². The van der Waals surface area contributed by atoms with Crippen molar-refractivity contribution in [1.29, 1.82) is 0 Å². The Kier molecular flexibility index (Phi) is 4.17. The number of nitrogens with zero attached hydrogens (tertiary/aromatic N) is 1. The summed E-state index contributed by atoms with van der Waals surface area (Å²) in [7, 11) is 0. The van der Waals surface area contributed by atoms with Crippen LogP contribution in [0.4, 0.5) is 11.5 Å². The highest BCUT2D eigenvalue weighted by atomic mass is 16.5. The zero-order valence-corrected chi connectivity index (χ0v) is 12.2. The third-order valence-electron chi connectivity index (χ3n) is 3.74. The first-order chi connectivity index (χ1) is 8.98.